The molecule has 2 nitrogen and oxygen atoms in total. The van der Waals surface area contributed by atoms with Gasteiger partial charge in [-0.15, -0.1) is 0 Å². The summed E-state index contributed by atoms with van der Waals surface area (Å²) in [4.78, 5) is 12.2. The Kier molecular flexibility index (Phi) is 4.99. The molecule has 1 aliphatic rings. The number of benzene rings is 1. The summed E-state index contributed by atoms with van der Waals surface area (Å²) in [6, 6.07) is 9.22. The minimum absolute atomic E-state index is 0.00231. The standard InChI is InChI=1S/C16H18ClNO/c17-15-8-4-3-7-13(15)14(11-18)16(19)10-9-12-5-1-2-6-12/h3-4,7-8,12,14H,1-2,5-6,9-10H2. The van der Waals surface area contributed by atoms with Crippen LogP contribution in [0.1, 0.15) is 50.0 Å². The van der Waals surface area contributed by atoms with Gasteiger partial charge < -0.3 is 0 Å². The summed E-state index contributed by atoms with van der Waals surface area (Å²) in [5, 5.41) is 9.74. The van der Waals surface area contributed by atoms with Gasteiger partial charge in [0.1, 0.15) is 5.92 Å². The van der Waals surface area contributed by atoms with Crippen molar-refractivity contribution in [3.05, 3.63) is 34.9 Å². The predicted octanol–water partition coefficient (Wildman–Crippen LogP) is 4.49. The van der Waals surface area contributed by atoms with Gasteiger partial charge in [-0.3, -0.25) is 4.79 Å². The van der Waals surface area contributed by atoms with E-state index in [0.717, 1.165) is 6.42 Å². The normalized spacial score (nSPS) is 17.1. The highest BCUT2D eigenvalue weighted by Crippen LogP contribution is 2.31. The fraction of sp³-hybridized carbons (Fsp3) is 0.500. The molecule has 1 unspecified atom stereocenters. The van der Waals surface area contributed by atoms with Crippen LogP contribution in [-0.4, -0.2) is 5.78 Å². The first-order chi connectivity index (χ1) is 9.22. The van der Waals surface area contributed by atoms with Crippen LogP contribution in [0.25, 0.3) is 0 Å². The largest absolute Gasteiger partial charge is 0.298 e. The van der Waals surface area contributed by atoms with Crippen molar-refractivity contribution in [1.29, 1.82) is 5.26 Å². The molecule has 1 saturated carbocycles. The summed E-state index contributed by atoms with van der Waals surface area (Å²) in [5.74, 6) is -0.0351. The minimum atomic E-state index is -0.713. The fourth-order valence-corrected chi connectivity index (χ4v) is 3.06. The van der Waals surface area contributed by atoms with E-state index in [2.05, 4.69) is 6.07 Å². The molecule has 0 amide bonds. The molecule has 1 fully saturated rings. The lowest BCUT2D eigenvalue weighted by Gasteiger charge is -2.12. The Morgan fingerprint density at radius 2 is 2.05 bits per heavy atom. The molecule has 0 heterocycles. The zero-order valence-electron chi connectivity index (χ0n) is 10.9. The highest BCUT2D eigenvalue weighted by atomic mass is 35.5. The molecule has 1 aliphatic carbocycles. The zero-order chi connectivity index (χ0) is 13.7. The van der Waals surface area contributed by atoms with Crippen LogP contribution in [0, 0.1) is 17.2 Å². The quantitative estimate of drug-likeness (QED) is 0.794. The van der Waals surface area contributed by atoms with Crippen LogP contribution in [0.3, 0.4) is 0 Å². The van der Waals surface area contributed by atoms with Crippen LogP contribution in [0.4, 0.5) is 0 Å². The Labute approximate surface area is 119 Å². The van der Waals surface area contributed by atoms with E-state index in [1.54, 1.807) is 12.1 Å². The molecular weight excluding hydrogens is 258 g/mol. The number of nitrogens with zero attached hydrogens (tertiary/aromatic N) is 1. The second-order valence-electron chi connectivity index (χ2n) is 5.24. The maximum absolute atomic E-state index is 12.2. The number of carbonyl (C=O) groups is 1. The van der Waals surface area contributed by atoms with Gasteiger partial charge in [0.2, 0.25) is 0 Å². The molecule has 0 aliphatic heterocycles. The van der Waals surface area contributed by atoms with Crippen LogP contribution < -0.4 is 0 Å². The average Bonchev–Trinajstić information content (AvgIpc) is 2.92. The Morgan fingerprint density at radius 3 is 2.68 bits per heavy atom. The number of hydrogen-bond acceptors (Lipinski definition) is 2. The summed E-state index contributed by atoms with van der Waals surface area (Å²) in [5.41, 5.74) is 0.642. The summed E-state index contributed by atoms with van der Waals surface area (Å²) >= 11 is 6.07. The lowest BCUT2D eigenvalue weighted by atomic mass is 9.90. The third-order valence-electron chi connectivity index (χ3n) is 3.94. The van der Waals surface area contributed by atoms with Crippen molar-refractivity contribution in [2.45, 2.75) is 44.4 Å². The predicted molar refractivity (Wildman–Crippen MR) is 76.0 cm³/mol. The van der Waals surface area contributed by atoms with E-state index >= 15 is 0 Å². The van der Waals surface area contributed by atoms with Gasteiger partial charge >= 0.3 is 0 Å². The number of hydrogen-bond donors (Lipinski definition) is 0. The van der Waals surface area contributed by atoms with Crippen LogP contribution >= 0.6 is 11.6 Å². The summed E-state index contributed by atoms with van der Waals surface area (Å²) in [7, 11) is 0. The maximum atomic E-state index is 12.2. The average molecular weight is 276 g/mol. The first-order valence-corrected chi connectivity index (χ1v) is 7.27. The molecule has 0 saturated heterocycles. The van der Waals surface area contributed by atoms with E-state index < -0.39 is 5.92 Å². The van der Waals surface area contributed by atoms with Crippen molar-refractivity contribution in [2.75, 3.05) is 0 Å². The molecule has 100 valence electrons. The van der Waals surface area contributed by atoms with Crippen LogP contribution in [0.2, 0.25) is 5.02 Å². The third-order valence-corrected chi connectivity index (χ3v) is 4.29. The van der Waals surface area contributed by atoms with Crippen molar-refractivity contribution < 1.29 is 4.79 Å². The van der Waals surface area contributed by atoms with Crippen LogP contribution in [0.15, 0.2) is 24.3 Å². The van der Waals surface area contributed by atoms with Gasteiger partial charge in [0.05, 0.1) is 6.07 Å². The molecule has 0 bridgehead atoms. The first kappa shape index (κ1) is 14.1. The van der Waals surface area contributed by atoms with Gasteiger partial charge in [0.15, 0.2) is 5.78 Å². The molecule has 0 radical (unpaired) electrons. The smallest absolute Gasteiger partial charge is 0.154 e. The molecule has 0 spiro atoms. The monoisotopic (exact) mass is 275 g/mol. The maximum Gasteiger partial charge on any atom is 0.154 e. The second-order valence-corrected chi connectivity index (χ2v) is 5.65. The van der Waals surface area contributed by atoms with Crippen molar-refractivity contribution in [2.24, 2.45) is 5.92 Å². The topological polar surface area (TPSA) is 40.9 Å². The summed E-state index contributed by atoms with van der Waals surface area (Å²) in [6.07, 6.45) is 6.44. The van der Waals surface area contributed by atoms with Gasteiger partial charge in [0.25, 0.3) is 0 Å². The number of halogens is 1. The minimum Gasteiger partial charge on any atom is -0.298 e. The Balaban J connectivity index is 1.99. The van der Waals surface area contributed by atoms with Crippen molar-refractivity contribution in [3.63, 3.8) is 0 Å². The molecule has 1 aromatic carbocycles. The van der Waals surface area contributed by atoms with E-state index in [4.69, 9.17) is 11.6 Å². The van der Waals surface area contributed by atoms with E-state index in [1.807, 2.05) is 12.1 Å². The first-order valence-electron chi connectivity index (χ1n) is 6.89. The van der Waals surface area contributed by atoms with Crippen molar-refractivity contribution in [3.8, 4) is 6.07 Å². The van der Waals surface area contributed by atoms with Gasteiger partial charge in [-0.05, 0) is 24.0 Å². The molecule has 0 aromatic heterocycles. The number of nitriles is 1. The van der Waals surface area contributed by atoms with Crippen molar-refractivity contribution >= 4 is 17.4 Å². The van der Waals surface area contributed by atoms with Gasteiger partial charge in [-0.2, -0.15) is 5.26 Å². The van der Waals surface area contributed by atoms with E-state index in [1.165, 1.54) is 25.7 Å². The van der Waals surface area contributed by atoms with E-state index in [9.17, 15) is 10.1 Å². The molecular formula is C16H18ClNO. The Hall–Kier alpha value is -1.33. The van der Waals surface area contributed by atoms with Crippen LogP contribution in [-0.2, 0) is 4.79 Å². The lowest BCUT2D eigenvalue weighted by molar-refractivity contribution is -0.119. The lowest BCUT2D eigenvalue weighted by Crippen LogP contribution is -2.12. The highest BCUT2D eigenvalue weighted by Gasteiger charge is 2.24. The van der Waals surface area contributed by atoms with Gasteiger partial charge in [-0.1, -0.05) is 55.5 Å². The number of ketones is 1. The third kappa shape index (κ3) is 3.58. The van der Waals surface area contributed by atoms with Crippen LogP contribution in [0.5, 0.6) is 0 Å². The van der Waals surface area contributed by atoms with E-state index in [0.29, 0.717) is 22.9 Å². The Bertz CT molecular complexity index is 486. The molecule has 3 heteroatoms. The van der Waals surface area contributed by atoms with Crippen molar-refractivity contribution in [1.82, 2.24) is 0 Å². The van der Waals surface area contributed by atoms with E-state index in [-0.39, 0.29) is 5.78 Å². The molecule has 1 atom stereocenters. The molecule has 2 rings (SSSR count). The zero-order valence-corrected chi connectivity index (χ0v) is 11.7. The number of Topliss-reactive ketones (excluding diaryl/α,β-unsaturated/α-hetero) is 1. The van der Waals surface area contributed by atoms with Gasteiger partial charge in [-0.25, -0.2) is 0 Å². The SMILES string of the molecule is N#CC(C(=O)CCC1CCCC1)c1ccccc1Cl. The molecule has 1 aromatic rings. The number of rotatable bonds is 5. The fourth-order valence-electron chi connectivity index (χ4n) is 2.81. The molecule has 0 N–H and O–H groups in total. The highest BCUT2D eigenvalue weighted by molar-refractivity contribution is 6.31. The summed E-state index contributed by atoms with van der Waals surface area (Å²) < 4.78 is 0. The van der Waals surface area contributed by atoms with Gasteiger partial charge in [0, 0.05) is 11.4 Å². The Morgan fingerprint density at radius 1 is 1.37 bits per heavy atom. The summed E-state index contributed by atoms with van der Waals surface area (Å²) in [6.45, 7) is 0. The second kappa shape index (κ2) is 6.73. The number of carbonyl (C=O) groups excluding carboxylic acids is 1. The molecule has 19 heavy (non-hydrogen) atoms.